The number of ether oxygens (including phenoxy) is 1. The highest BCUT2D eigenvalue weighted by Gasteiger charge is 2.11. The third kappa shape index (κ3) is 3.41. The van der Waals surface area contributed by atoms with Gasteiger partial charge in [-0.05, 0) is 62.1 Å². The van der Waals surface area contributed by atoms with Gasteiger partial charge in [-0.3, -0.25) is 10.1 Å². The average molecular weight is 340 g/mol. The molecule has 0 spiro atoms. The van der Waals surface area contributed by atoms with Crippen LogP contribution in [0.4, 0.5) is 5.13 Å². The summed E-state index contributed by atoms with van der Waals surface area (Å²) in [6, 6.07) is 10.1. The third-order valence-corrected chi connectivity index (χ3v) is 4.95. The number of thiazole rings is 1. The molecular formula is C19H20N2O2S. The molecule has 1 heterocycles. The molecule has 3 rings (SSSR count). The first-order valence-electron chi connectivity index (χ1n) is 7.80. The fourth-order valence-corrected chi connectivity index (χ4v) is 3.51. The number of hydrogen-bond acceptors (Lipinski definition) is 4. The highest BCUT2D eigenvalue weighted by Crippen LogP contribution is 2.27. The molecule has 0 aliphatic carbocycles. The van der Waals surface area contributed by atoms with E-state index in [-0.39, 0.29) is 12.5 Å². The van der Waals surface area contributed by atoms with Gasteiger partial charge in [0.05, 0.1) is 10.2 Å². The maximum atomic E-state index is 12.2. The van der Waals surface area contributed by atoms with E-state index >= 15 is 0 Å². The van der Waals surface area contributed by atoms with Gasteiger partial charge in [0, 0.05) is 0 Å². The van der Waals surface area contributed by atoms with Crippen LogP contribution in [0.3, 0.4) is 0 Å². The summed E-state index contributed by atoms with van der Waals surface area (Å²) >= 11 is 1.47. The topological polar surface area (TPSA) is 51.2 Å². The Labute approximate surface area is 145 Å². The molecule has 0 fully saturated rings. The van der Waals surface area contributed by atoms with E-state index < -0.39 is 0 Å². The second-order valence-corrected chi connectivity index (χ2v) is 7.01. The first kappa shape index (κ1) is 16.5. The molecule has 1 N–H and O–H groups in total. The molecule has 0 radical (unpaired) electrons. The van der Waals surface area contributed by atoms with Crippen LogP contribution in [0.5, 0.6) is 5.75 Å². The molecule has 5 heteroatoms. The summed E-state index contributed by atoms with van der Waals surface area (Å²) in [5.41, 5.74) is 5.32. The van der Waals surface area contributed by atoms with Crippen molar-refractivity contribution in [3.63, 3.8) is 0 Å². The van der Waals surface area contributed by atoms with Crippen molar-refractivity contribution in [2.24, 2.45) is 0 Å². The fraction of sp³-hybridized carbons (Fsp3) is 0.263. The van der Waals surface area contributed by atoms with Gasteiger partial charge < -0.3 is 4.74 Å². The molecular weight excluding hydrogens is 320 g/mol. The zero-order valence-electron chi connectivity index (χ0n) is 14.3. The molecule has 124 valence electrons. The summed E-state index contributed by atoms with van der Waals surface area (Å²) in [4.78, 5) is 16.6. The molecule has 3 aromatic rings. The van der Waals surface area contributed by atoms with Crippen molar-refractivity contribution < 1.29 is 9.53 Å². The van der Waals surface area contributed by atoms with E-state index in [1.54, 1.807) is 0 Å². The molecule has 0 aliphatic heterocycles. The van der Waals surface area contributed by atoms with E-state index in [2.05, 4.69) is 22.4 Å². The lowest BCUT2D eigenvalue weighted by atomic mass is 10.1. The van der Waals surface area contributed by atoms with Crippen molar-refractivity contribution in [2.75, 3.05) is 11.9 Å². The van der Waals surface area contributed by atoms with Crippen LogP contribution >= 0.6 is 11.3 Å². The number of hydrogen-bond donors (Lipinski definition) is 1. The predicted molar refractivity (Wildman–Crippen MR) is 99.1 cm³/mol. The van der Waals surface area contributed by atoms with Crippen LogP contribution in [0.15, 0.2) is 30.3 Å². The molecule has 1 aromatic heterocycles. The molecule has 0 aliphatic rings. The SMILES string of the molecule is Cc1ccc2nc(NC(=O)COc3c(C)ccc(C)c3C)sc2c1. The fourth-order valence-electron chi connectivity index (χ4n) is 2.53. The number of amides is 1. The van der Waals surface area contributed by atoms with E-state index in [4.69, 9.17) is 4.74 Å². The van der Waals surface area contributed by atoms with Gasteiger partial charge in [0.2, 0.25) is 0 Å². The largest absolute Gasteiger partial charge is 0.483 e. The van der Waals surface area contributed by atoms with Crippen molar-refractivity contribution in [1.82, 2.24) is 4.98 Å². The van der Waals surface area contributed by atoms with Crippen molar-refractivity contribution in [3.05, 3.63) is 52.6 Å². The quantitative estimate of drug-likeness (QED) is 0.758. The minimum absolute atomic E-state index is 0.0277. The smallest absolute Gasteiger partial charge is 0.264 e. The number of aryl methyl sites for hydroxylation is 3. The first-order chi connectivity index (χ1) is 11.4. The van der Waals surface area contributed by atoms with Crippen LogP contribution in [0.25, 0.3) is 10.2 Å². The van der Waals surface area contributed by atoms with Crippen molar-refractivity contribution >= 4 is 32.6 Å². The van der Waals surface area contributed by atoms with Gasteiger partial charge in [0.1, 0.15) is 5.75 Å². The number of rotatable bonds is 4. The van der Waals surface area contributed by atoms with E-state index in [0.29, 0.717) is 5.13 Å². The number of benzene rings is 2. The normalized spacial score (nSPS) is 10.8. The molecule has 2 aromatic carbocycles. The zero-order chi connectivity index (χ0) is 17.3. The lowest BCUT2D eigenvalue weighted by Gasteiger charge is -2.13. The summed E-state index contributed by atoms with van der Waals surface area (Å²) < 4.78 is 6.81. The lowest BCUT2D eigenvalue weighted by Crippen LogP contribution is -2.20. The summed E-state index contributed by atoms with van der Waals surface area (Å²) in [6.07, 6.45) is 0. The van der Waals surface area contributed by atoms with Crippen LogP contribution < -0.4 is 10.1 Å². The second kappa shape index (κ2) is 6.61. The van der Waals surface area contributed by atoms with E-state index in [1.165, 1.54) is 16.9 Å². The standard InChI is InChI=1S/C19H20N2O2S/c1-11-5-8-15-16(9-11)24-19(20-15)21-17(22)10-23-18-13(3)7-6-12(2)14(18)4/h5-9H,10H2,1-4H3,(H,20,21,22). The zero-order valence-corrected chi connectivity index (χ0v) is 15.1. The summed E-state index contributed by atoms with van der Waals surface area (Å²) in [7, 11) is 0. The second-order valence-electron chi connectivity index (χ2n) is 5.98. The molecule has 1 amide bonds. The van der Waals surface area contributed by atoms with Gasteiger partial charge in [-0.1, -0.05) is 29.5 Å². The Morgan fingerprint density at radius 1 is 1.12 bits per heavy atom. The molecule has 0 saturated heterocycles. The van der Waals surface area contributed by atoms with Crippen LogP contribution in [0.1, 0.15) is 22.3 Å². The van der Waals surface area contributed by atoms with Gasteiger partial charge in [-0.2, -0.15) is 0 Å². The minimum Gasteiger partial charge on any atom is -0.483 e. The summed E-state index contributed by atoms with van der Waals surface area (Å²) in [5, 5.41) is 3.42. The minimum atomic E-state index is -0.203. The summed E-state index contributed by atoms with van der Waals surface area (Å²) in [6.45, 7) is 8.03. The highest BCUT2D eigenvalue weighted by molar-refractivity contribution is 7.22. The maximum Gasteiger partial charge on any atom is 0.264 e. The Morgan fingerprint density at radius 2 is 1.88 bits per heavy atom. The van der Waals surface area contributed by atoms with Crippen LogP contribution in [-0.2, 0) is 4.79 Å². The van der Waals surface area contributed by atoms with E-state index in [0.717, 1.165) is 32.7 Å². The van der Waals surface area contributed by atoms with Gasteiger partial charge in [0.15, 0.2) is 11.7 Å². The van der Waals surface area contributed by atoms with E-state index in [1.807, 2.05) is 45.9 Å². The number of fused-ring (bicyclic) bond motifs is 1. The Balaban J connectivity index is 1.68. The molecule has 0 saturated carbocycles. The molecule has 0 unspecified atom stereocenters. The van der Waals surface area contributed by atoms with Gasteiger partial charge in [-0.15, -0.1) is 0 Å². The number of carbonyl (C=O) groups excluding carboxylic acids is 1. The molecule has 4 nitrogen and oxygen atoms in total. The summed E-state index contributed by atoms with van der Waals surface area (Å²) in [5.74, 6) is 0.580. The Morgan fingerprint density at radius 3 is 2.67 bits per heavy atom. The van der Waals surface area contributed by atoms with Crippen molar-refractivity contribution in [1.29, 1.82) is 0 Å². The predicted octanol–water partition coefficient (Wildman–Crippen LogP) is 4.55. The van der Waals surface area contributed by atoms with Gasteiger partial charge >= 0.3 is 0 Å². The monoisotopic (exact) mass is 340 g/mol. The third-order valence-electron chi connectivity index (χ3n) is 4.01. The number of nitrogens with one attached hydrogen (secondary N) is 1. The highest BCUT2D eigenvalue weighted by atomic mass is 32.1. The first-order valence-corrected chi connectivity index (χ1v) is 8.62. The molecule has 24 heavy (non-hydrogen) atoms. The van der Waals surface area contributed by atoms with Crippen molar-refractivity contribution in [3.8, 4) is 5.75 Å². The Kier molecular flexibility index (Phi) is 4.53. The van der Waals surface area contributed by atoms with Crippen LogP contribution in [0.2, 0.25) is 0 Å². The molecule has 0 atom stereocenters. The number of carbonyl (C=O) groups is 1. The Hall–Kier alpha value is -2.40. The lowest BCUT2D eigenvalue weighted by molar-refractivity contribution is -0.118. The molecule has 0 bridgehead atoms. The van der Waals surface area contributed by atoms with E-state index in [9.17, 15) is 4.79 Å². The number of aromatic nitrogens is 1. The van der Waals surface area contributed by atoms with Crippen LogP contribution in [-0.4, -0.2) is 17.5 Å². The van der Waals surface area contributed by atoms with Gasteiger partial charge in [0.25, 0.3) is 5.91 Å². The maximum absolute atomic E-state index is 12.2. The number of nitrogens with zero attached hydrogens (tertiary/aromatic N) is 1. The average Bonchev–Trinajstić information content (AvgIpc) is 2.92. The van der Waals surface area contributed by atoms with Gasteiger partial charge in [-0.25, -0.2) is 4.98 Å². The van der Waals surface area contributed by atoms with Crippen molar-refractivity contribution in [2.45, 2.75) is 27.7 Å². The van der Waals surface area contributed by atoms with Crippen LogP contribution in [0, 0.1) is 27.7 Å². The number of anilines is 1. The Bertz CT molecular complexity index is 915.